The fraction of sp³-hybridized carbons (Fsp3) is 0.500. The fourth-order valence-corrected chi connectivity index (χ4v) is 1.61. The third kappa shape index (κ3) is 5.07. The van der Waals surface area contributed by atoms with Crippen LogP contribution in [0.15, 0.2) is 18.2 Å². The van der Waals surface area contributed by atoms with Crippen LogP contribution in [0.2, 0.25) is 0 Å². The molecule has 1 rings (SSSR count). The molecular formula is C14H22N2O4. The lowest BCUT2D eigenvalue weighted by Gasteiger charge is -2.16. The highest BCUT2D eigenvalue weighted by Gasteiger charge is 2.14. The lowest BCUT2D eigenvalue weighted by molar-refractivity contribution is -0.127. The van der Waals surface area contributed by atoms with Crippen molar-refractivity contribution in [3.63, 3.8) is 0 Å². The molecule has 0 heterocycles. The van der Waals surface area contributed by atoms with E-state index < -0.39 is 6.10 Å². The van der Waals surface area contributed by atoms with E-state index in [-0.39, 0.29) is 5.91 Å². The van der Waals surface area contributed by atoms with Gasteiger partial charge in [-0.15, -0.1) is 0 Å². The van der Waals surface area contributed by atoms with Crippen molar-refractivity contribution in [2.75, 3.05) is 27.4 Å². The van der Waals surface area contributed by atoms with Gasteiger partial charge in [0.15, 0.2) is 6.10 Å². The molecule has 0 aliphatic heterocycles. The standard InChI is InChI=1S/C14H22N2O4/c1-10(14(17)16-4-5-18-2)20-13-7-11(9-15)6-12(8-13)19-3/h6-8,10H,4-5,9,15H2,1-3H3,(H,16,17). The van der Waals surface area contributed by atoms with Crippen LogP contribution >= 0.6 is 0 Å². The average molecular weight is 282 g/mol. The van der Waals surface area contributed by atoms with Crippen LogP contribution in [0.4, 0.5) is 0 Å². The molecule has 0 spiro atoms. The van der Waals surface area contributed by atoms with Crippen molar-refractivity contribution in [2.45, 2.75) is 19.6 Å². The Morgan fingerprint density at radius 2 is 2.00 bits per heavy atom. The molecule has 0 saturated carbocycles. The number of amides is 1. The Labute approximate surface area is 119 Å². The van der Waals surface area contributed by atoms with Gasteiger partial charge in [0.2, 0.25) is 0 Å². The zero-order valence-corrected chi connectivity index (χ0v) is 12.1. The van der Waals surface area contributed by atoms with Crippen LogP contribution in [-0.4, -0.2) is 39.4 Å². The Morgan fingerprint density at radius 1 is 1.30 bits per heavy atom. The normalized spacial score (nSPS) is 11.8. The molecule has 1 unspecified atom stereocenters. The second-order valence-electron chi connectivity index (χ2n) is 4.26. The highest BCUT2D eigenvalue weighted by atomic mass is 16.5. The molecule has 0 bridgehead atoms. The van der Waals surface area contributed by atoms with Gasteiger partial charge in [0.1, 0.15) is 11.5 Å². The van der Waals surface area contributed by atoms with E-state index >= 15 is 0 Å². The van der Waals surface area contributed by atoms with Gasteiger partial charge in [-0.05, 0) is 24.6 Å². The van der Waals surface area contributed by atoms with Crippen molar-refractivity contribution in [2.24, 2.45) is 5.73 Å². The van der Waals surface area contributed by atoms with Crippen LogP contribution in [0, 0.1) is 0 Å². The number of carbonyl (C=O) groups excluding carboxylic acids is 1. The number of methoxy groups -OCH3 is 2. The monoisotopic (exact) mass is 282 g/mol. The second kappa shape index (κ2) is 8.39. The molecule has 0 radical (unpaired) electrons. The molecule has 20 heavy (non-hydrogen) atoms. The lowest BCUT2D eigenvalue weighted by atomic mass is 10.2. The first kappa shape index (κ1) is 16.3. The van der Waals surface area contributed by atoms with E-state index in [4.69, 9.17) is 19.9 Å². The Balaban J connectivity index is 2.64. The van der Waals surface area contributed by atoms with E-state index in [0.29, 0.717) is 31.2 Å². The topological polar surface area (TPSA) is 82.8 Å². The van der Waals surface area contributed by atoms with Gasteiger partial charge in [-0.25, -0.2) is 0 Å². The predicted octanol–water partition coefficient (Wildman–Crippen LogP) is 0.684. The third-order valence-electron chi connectivity index (χ3n) is 2.70. The summed E-state index contributed by atoms with van der Waals surface area (Å²) in [6.45, 7) is 2.98. The molecule has 0 fully saturated rings. The smallest absolute Gasteiger partial charge is 0.260 e. The Bertz CT molecular complexity index is 415. The Kier molecular flexibility index (Phi) is 6.83. The maximum atomic E-state index is 11.8. The quantitative estimate of drug-likeness (QED) is 0.685. The first-order chi connectivity index (χ1) is 9.60. The van der Waals surface area contributed by atoms with Crippen molar-refractivity contribution in [1.29, 1.82) is 0 Å². The predicted molar refractivity (Wildman–Crippen MR) is 75.9 cm³/mol. The minimum Gasteiger partial charge on any atom is -0.497 e. The van der Waals surface area contributed by atoms with Crippen LogP contribution in [0.5, 0.6) is 11.5 Å². The molecule has 1 aromatic carbocycles. The summed E-state index contributed by atoms with van der Waals surface area (Å²) in [5.74, 6) is 1.01. The highest BCUT2D eigenvalue weighted by Crippen LogP contribution is 2.23. The van der Waals surface area contributed by atoms with Gasteiger partial charge in [-0.2, -0.15) is 0 Å². The van der Waals surface area contributed by atoms with Gasteiger partial charge in [0.05, 0.1) is 13.7 Å². The van der Waals surface area contributed by atoms with Gasteiger partial charge in [-0.3, -0.25) is 4.79 Å². The van der Waals surface area contributed by atoms with Crippen molar-refractivity contribution >= 4 is 5.91 Å². The largest absolute Gasteiger partial charge is 0.497 e. The van der Waals surface area contributed by atoms with Gasteiger partial charge in [0.25, 0.3) is 5.91 Å². The number of hydrogen-bond acceptors (Lipinski definition) is 5. The molecular weight excluding hydrogens is 260 g/mol. The second-order valence-corrected chi connectivity index (χ2v) is 4.26. The average Bonchev–Trinajstić information content (AvgIpc) is 2.46. The van der Waals surface area contributed by atoms with Crippen LogP contribution in [0.1, 0.15) is 12.5 Å². The number of nitrogens with two attached hydrogens (primary N) is 1. The lowest BCUT2D eigenvalue weighted by Crippen LogP contribution is -2.37. The summed E-state index contributed by atoms with van der Waals surface area (Å²) in [6, 6.07) is 5.34. The number of hydrogen-bond donors (Lipinski definition) is 2. The molecule has 1 aromatic rings. The minimum absolute atomic E-state index is 0.195. The van der Waals surface area contributed by atoms with Crippen LogP contribution in [0.25, 0.3) is 0 Å². The molecule has 1 atom stereocenters. The molecule has 1 amide bonds. The summed E-state index contributed by atoms with van der Waals surface area (Å²) < 4.78 is 15.6. The van der Waals surface area contributed by atoms with Crippen LogP contribution in [-0.2, 0) is 16.1 Å². The van der Waals surface area contributed by atoms with Crippen molar-refractivity contribution in [3.8, 4) is 11.5 Å². The van der Waals surface area contributed by atoms with E-state index in [2.05, 4.69) is 5.32 Å². The zero-order chi connectivity index (χ0) is 15.0. The van der Waals surface area contributed by atoms with E-state index in [1.54, 1.807) is 33.3 Å². The molecule has 3 N–H and O–H groups in total. The maximum absolute atomic E-state index is 11.8. The van der Waals surface area contributed by atoms with Crippen LogP contribution in [0.3, 0.4) is 0 Å². The molecule has 6 heteroatoms. The van der Waals surface area contributed by atoms with Gasteiger partial charge in [-0.1, -0.05) is 0 Å². The number of ether oxygens (including phenoxy) is 3. The van der Waals surface area contributed by atoms with Gasteiger partial charge >= 0.3 is 0 Å². The highest BCUT2D eigenvalue weighted by molar-refractivity contribution is 5.80. The first-order valence-corrected chi connectivity index (χ1v) is 6.42. The van der Waals surface area contributed by atoms with E-state index in [1.165, 1.54) is 0 Å². The summed E-state index contributed by atoms with van der Waals surface area (Å²) in [7, 11) is 3.15. The molecule has 6 nitrogen and oxygen atoms in total. The summed E-state index contributed by atoms with van der Waals surface area (Å²) in [5, 5.41) is 2.72. The number of nitrogens with one attached hydrogen (secondary N) is 1. The van der Waals surface area contributed by atoms with Gasteiger partial charge in [0, 0.05) is 26.3 Å². The molecule has 0 aromatic heterocycles. The Hall–Kier alpha value is -1.79. The first-order valence-electron chi connectivity index (χ1n) is 6.42. The van der Waals surface area contributed by atoms with Crippen molar-refractivity contribution < 1.29 is 19.0 Å². The zero-order valence-electron chi connectivity index (χ0n) is 12.1. The molecule has 0 aliphatic carbocycles. The molecule has 0 saturated heterocycles. The van der Waals surface area contributed by atoms with E-state index in [9.17, 15) is 4.79 Å². The minimum atomic E-state index is -0.607. The number of carbonyl (C=O) groups is 1. The summed E-state index contributed by atoms with van der Waals surface area (Å²) in [6.07, 6.45) is -0.607. The van der Waals surface area contributed by atoms with Crippen LogP contribution < -0.4 is 20.5 Å². The van der Waals surface area contributed by atoms with E-state index in [1.807, 2.05) is 6.07 Å². The fourth-order valence-electron chi connectivity index (χ4n) is 1.61. The summed E-state index contributed by atoms with van der Waals surface area (Å²) >= 11 is 0. The molecule has 0 aliphatic rings. The number of benzene rings is 1. The van der Waals surface area contributed by atoms with Crippen molar-refractivity contribution in [1.82, 2.24) is 5.32 Å². The summed E-state index contributed by atoms with van der Waals surface area (Å²) in [5.41, 5.74) is 6.49. The maximum Gasteiger partial charge on any atom is 0.260 e. The van der Waals surface area contributed by atoms with Gasteiger partial charge < -0.3 is 25.3 Å². The third-order valence-corrected chi connectivity index (χ3v) is 2.70. The number of rotatable bonds is 8. The molecule has 112 valence electrons. The Morgan fingerprint density at radius 3 is 2.60 bits per heavy atom. The SMILES string of the molecule is COCCNC(=O)C(C)Oc1cc(CN)cc(OC)c1. The van der Waals surface area contributed by atoms with Crippen molar-refractivity contribution in [3.05, 3.63) is 23.8 Å². The van der Waals surface area contributed by atoms with E-state index in [0.717, 1.165) is 5.56 Å². The summed E-state index contributed by atoms with van der Waals surface area (Å²) in [4.78, 5) is 11.8.